The quantitative estimate of drug-likeness (QED) is 0.263. The van der Waals surface area contributed by atoms with Gasteiger partial charge in [-0.05, 0) is 39.2 Å². The minimum atomic E-state index is -1.91. The van der Waals surface area contributed by atoms with Gasteiger partial charge in [0.15, 0.2) is 11.8 Å². The van der Waals surface area contributed by atoms with Crippen LogP contribution < -0.4 is 16.0 Å². The van der Waals surface area contributed by atoms with Crippen molar-refractivity contribution in [2.45, 2.75) is 64.8 Å². The second-order valence-corrected chi connectivity index (χ2v) is 8.84. The average Bonchev–Trinajstić information content (AvgIpc) is 2.58. The van der Waals surface area contributed by atoms with Crippen LogP contribution in [0.4, 0.5) is 4.79 Å². The largest absolute Gasteiger partial charge is 0.507 e. The fourth-order valence-electron chi connectivity index (χ4n) is 2.03. The van der Waals surface area contributed by atoms with Gasteiger partial charge in [0.25, 0.3) is 5.91 Å². The van der Waals surface area contributed by atoms with Gasteiger partial charge < -0.3 is 20.1 Å². The first-order chi connectivity index (χ1) is 13.2. The van der Waals surface area contributed by atoms with E-state index in [0.717, 1.165) is 7.11 Å². The number of carbonyl (C=O) groups excluding carboxylic acids is 4. The van der Waals surface area contributed by atoms with Gasteiger partial charge in [0.05, 0.1) is 14.2 Å². The van der Waals surface area contributed by atoms with E-state index in [4.69, 9.17) is 4.74 Å². The highest BCUT2D eigenvalue weighted by atomic mass is 31.1. The molecular weight excluding hydrogens is 405 g/mol. The maximum absolute atomic E-state index is 12.7. The average molecular weight is 436 g/mol. The van der Waals surface area contributed by atoms with Crippen molar-refractivity contribution in [3.8, 4) is 0 Å². The van der Waals surface area contributed by atoms with E-state index in [1.807, 2.05) is 0 Å². The van der Waals surface area contributed by atoms with Gasteiger partial charge in [-0.3, -0.25) is 14.9 Å². The van der Waals surface area contributed by atoms with Crippen molar-refractivity contribution in [1.29, 1.82) is 0 Å². The molecule has 0 aliphatic carbocycles. The van der Waals surface area contributed by atoms with Crippen molar-refractivity contribution < 1.29 is 37.7 Å². The standard InChI is InChI=1S/C17H30N3O8P/c1-11(13(22)26-6)18-14(23)17(5,20-15(24)28-16(2,3)4)19-12(21)9-8-10-29(25)27-7/h11H,8-10H2,1-7H3,(H2-,18,19,20,21,23,24)/p+1/t11-,17+/m0/s1. The summed E-state index contributed by atoms with van der Waals surface area (Å²) in [6, 6.07) is -1.02. The number of carbonyl (C=O) groups is 4. The molecule has 3 N–H and O–H groups in total. The van der Waals surface area contributed by atoms with Crippen LogP contribution in [-0.2, 0) is 32.9 Å². The second kappa shape index (κ2) is 11.7. The van der Waals surface area contributed by atoms with Gasteiger partial charge in [-0.1, -0.05) is 0 Å². The predicted octanol–water partition coefficient (Wildman–Crippen LogP) is 1.19. The molecular formula is C17H31N3O8P+. The van der Waals surface area contributed by atoms with Crippen LogP contribution in [-0.4, -0.2) is 61.6 Å². The maximum Gasteiger partial charge on any atom is 0.507 e. The predicted molar refractivity (Wildman–Crippen MR) is 104 cm³/mol. The Morgan fingerprint density at radius 3 is 2.10 bits per heavy atom. The summed E-state index contributed by atoms with van der Waals surface area (Å²) in [6.45, 7) is 7.56. The molecule has 166 valence electrons. The maximum atomic E-state index is 12.7. The summed E-state index contributed by atoms with van der Waals surface area (Å²) in [5.74, 6) is -2.13. The monoisotopic (exact) mass is 436 g/mol. The Bertz CT molecular complexity index is 635. The molecule has 0 rings (SSSR count). The molecule has 0 fully saturated rings. The Balaban J connectivity index is 5.28. The van der Waals surface area contributed by atoms with E-state index >= 15 is 0 Å². The van der Waals surface area contributed by atoms with E-state index in [2.05, 4.69) is 25.2 Å². The summed E-state index contributed by atoms with van der Waals surface area (Å²) >= 11 is 0. The molecule has 11 nitrogen and oxygen atoms in total. The van der Waals surface area contributed by atoms with Crippen molar-refractivity contribution in [3.05, 3.63) is 0 Å². The third kappa shape index (κ3) is 10.7. The van der Waals surface area contributed by atoms with Crippen LogP contribution in [0.5, 0.6) is 0 Å². The topological polar surface area (TPSA) is 149 Å². The molecule has 0 heterocycles. The van der Waals surface area contributed by atoms with Gasteiger partial charge in [0, 0.05) is 12.8 Å². The van der Waals surface area contributed by atoms with Crippen LogP contribution in [0, 0.1) is 0 Å². The molecule has 0 bridgehead atoms. The molecule has 0 saturated carbocycles. The normalized spacial score (nSPS) is 14.7. The summed E-state index contributed by atoms with van der Waals surface area (Å²) in [5, 5.41) is 7.09. The summed E-state index contributed by atoms with van der Waals surface area (Å²) < 4.78 is 25.6. The first kappa shape index (κ1) is 26.7. The Morgan fingerprint density at radius 2 is 1.62 bits per heavy atom. The van der Waals surface area contributed by atoms with Gasteiger partial charge in [-0.2, -0.15) is 0 Å². The summed E-state index contributed by atoms with van der Waals surface area (Å²) in [4.78, 5) is 48.7. The lowest BCUT2D eigenvalue weighted by Gasteiger charge is -2.32. The summed E-state index contributed by atoms with van der Waals surface area (Å²) in [7, 11) is 0.606. The smallest absolute Gasteiger partial charge is 0.467 e. The van der Waals surface area contributed by atoms with Crippen LogP contribution in [0.3, 0.4) is 0 Å². The highest BCUT2D eigenvalue weighted by molar-refractivity contribution is 7.39. The highest BCUT2D eigenvalue weighted by Gasteiger charge is 2.39. The molecule has 1 unspecified atom stereocenters. The minimum Gasteiger partial charge on any atom is -0.467 e. The molecule has 0 aliphatic heterocycles. The van der Waals surface area contributed by atoms with Crippen LogP contribution in [0.15, 0.2) is 0 Å². The molecule has 0 aromatic rings. The molecule has 29 heavy (non-hydrogen) atoms. The van der Waals surface area contributed by atoms with E-state index < -0.39 is 49.2 Å². The van der Waals surface area contributed by atoms with E-state index in [1.165, 1.54) is 21.0 Å². The molecule has 0 aromatic carbocycles. The van der Waals surface area contributed by atoms with Crippen molar-refractivity contribution in [2.24, 2.45) is 0 Å². The zero-order chi connectivity index (χ0) is 22.8. The first-order valence-corrected chi connectivity index (χ1v) is 10.3. The Morgan fingerprint density at radius 1 is 1.03 bits per heavy atom. The summed E-state index contributed by atoms with van der Waals surface area (Å²) in [6.07, 6.45) is -0.585. The Hall–Kier alpha value is -2.26. The van der Waals surface area contributed by atoms with Crippen LogP contribution in [0.2, 0.25) is 0 Å². The fraction of sp³-hybridized carbons (Fsp3) is 0.765. The van der Waals surface area contributed by atoms with E-state index in [1.54, 1.807) is 20.8 Å². The van der Waals surface area contributed by atoms with Crippen molar-refractivity contribution in [1.82, 2.24) is 16.0 Å². The van der Waals surface area contributed by atoms with Crippen LogP contribution in [0.25, 0.3) is 0 Å². The molecule has 0 saturated heterocycles. The lowest BCUT2D eigenvalue weighted by molar-refractivity contribution is -0.145. The van der Waals surface area contributed by atoms with Gasteiger partial charge >= 0.3 is 20.1 Å². The van der Waals surface area contributed by atoms with Crippen molar-refractivity contribution in [2.75, 3.05) is 20.4 Å². The molecule has 0 spiro atoms. The zero-order valence-corrected chi connectivity index (χ0v) is 18.8. The van der Waals surface area contributed by atoms with E-state index in [0.29, 0.717) is 0 Å². The third-order valence-corrected chi connectivity index (χ3v) is 4.53. The van der Waals surface area contributed by atoms with Gasteiger partial charge in [0.2, 0.25) is 5.91 Å². The van der Waals surface area contributed by atoms with Gasteiger partial charge in [-0.15, -0.1) is 4.52 Å². The molecule has 12 heteroatoms. The number of methoxy groups -OCH3 is 1. The van der Waals surface area contributed by atoms with Gasteiger partial charge in [0.1, 0.15) is 11.6 Å². The molecule has 0 aromatic heterocycles. The second-order valence-electron chi connectivity index (χ2n) is 7.36. The number of amides is 3. The zero-order valence-electron chi connectivity index (χ0n) is 17.9. The van der Waals surface area contributed by atoms with E-state index in [9.17, 15) is 23.7 Å². The number of hydrogen-bond acceptors (Lipinski definition) is 8. The lowest BCUT2D eigenvalue weighted by Crippen LogP contribution is -2.68. The fourth-order valence-corrected chi connectivity index (χ4v) is 2.63. The highest BCUT2D eigenvalue weighted by Crippen LogP contribution is 2.21. The van der Waals surface area contributed by atoms with Crippen molar-refractivity contribution in [3.63, 3.8) is 0 Å². The number of hydrogen-bond donors (Lipinski definition) is 3. The number of esters is 1. The van der Waals surface area contributed by atoms with Crippen LogP contribution >= 0.6 is 8.03 Å². The van der Waals surface area contributed by atoms with E-state index in [-0.39, 0.29) is 19.0 Å². The molecule has 0 aliphatic rings. The first-order valence-electron chi connectivity index (χ1n) is 8.93. The number of nitrogens with one attached hydrogen (secondary N) is 3. The molecule has 3 amide bonds. The minimum absolute atomic E-state index is 0.0597. The van der Waals surface area contributed by atoms with Crippen LogP contribution in [0.1, 0.15) is 47.5 Å². The number of alkyl carbamates (subject to hydrolysis) is 1. The number of rotatable bonds is 10. The number of ether oxygens (including phenoxy) is 2. The molecule has 3 atom stereocenters. The lowest BCUT2D eigenvalue weighted by atomic mass is 10.1. The Kier molecular flexibility index (Phi) is 10.8. The third-order valence-electron chi connectivity index (χ3n) is 3.44. The summed E-state index contributed by atoms with van der Waals surface area (Å²) in [5.41, 5.74) is -2.75. The Labute approximate surface area is 171 Å². The SMILES string of the molecule is COC(=O)[C@H](C)NC(=O)[C@](C)(NC(=O)CCC[P+](=O)OC)NC(=O)OC(C)(C)C. The molecule has 0 radical (unpaired) electrons. The van der Waals surface area contributed by atoms with Gasteiger partial charge in [-0.25, -0.2) is 9.59 Å². The van der Waals surface area contributed by atoms with Crippen molar-refractivity contribution >= 4 is 31.9 Å².